The van der Waals surface area contributed by atoms with Gasteiger partial charge in [-0.15, -0.1) is 0 Å². The van der Waals surface area contributed by atoms with Crippen LogP contribution in [0, 0.1) is 0 Å². The molecule has 4 heteroatoms. The lowest BCUT2D eigenvalue weighted by molar-refractivity contribution is 0.0932. The van der Waals surface area contributed by atoms with Gasteiger partial charge in [-0.05, 0) is 30.9 Å². The van der Waals surface area contributed by atoms with Crippen molar-refractivity contribution in [2.75, 3.05) is 20.3 Å². The number of hydrogen-bond acceptors (Lipinski definition) is 3. The molecule has 1 amide bonds. The van der Waals surface area contributed by atoms with Gasteiger partial charge in [0, 0.05) is 18.7 Å². The Morgan fingerprint density at radius 1 is 1.04 bits per heavy atom. The van der Waals surface area contributed by atoms with E-state index >= 15 is 0 Å². The molecule has 0 bridgehead atoms. The fourth-order valence-electron chi connectivity index (χ4n) is 2.05. The van der Waals surface area contributed by atoms with Crippen molar-refractivity contribution in [3.05, 3.63) is 84.1 Å². The summed E-state index contributed by atoms with van der Waals surface area (Å²) < 4.78 is 0. The van der Waals surface area contributed by atoms with Gasteiger partial charge in [0.1, 0.15) is 0 Å². The lowest BCUT2D eigenvalue weighted by Gasteiger charge is -2.15. The van der Waals surface area contributed by atoms with E-state index in [0.717, 1.165) is 13.1 Å². The molecule has 0 radical (unpaired) electrons. The summed E-state index contributed by atoms with van der Waals surface area (Å²) in [7, 11) is 1.97. The van der Waals surface area contributed by atoms with Crippen molar-refractivity contribution in [2.45, 2.75) is 6.54 Å². The van der Waals surface area contributed by atoms with Crippen LogP contribution < -0.4 is 10.6 Å². The maximum Gasteiger partial charge on any atom is 0.252 e. The first-order chi connectivity index (χ1) is 11.3. The van der Waals surface area contributed by atoms with Gasteiger partial charge in [0.15, 0.2) is 0 Å². The zero-order valence-corrected chi connectivity index (χ0v) is 13.4. The molecular formula is C19H23N3O. The van der Waals surface area contributed by atoms with Crippen molar-refractivity contribution in [1.29, 1.82) is 0 Å². The summed E-state index contributed by atoms with van der Waals surface area (Å²) in [6.45, 7) is 2.08. The summed E-state index contributed by atoms with van der Waals surface area (Å²) in [6.07, 6.45) is 3.99. The van der Waals surface area contributed by atoms with Crippen molar-refractivity contribution in [3.8, 4) is 0 Å². The quantitative estimate of drug-likeness (QED) is 0.737. The predicted octanol–water partition coefficient (Wildman–Crippen LogP) is 2.61. The molecule has 0 aliphatic rings. The smallest absolute Gasteiger partial charge is 0.252 e. The molecule has 2 aromatic rings. The number of amides is 1. The van der Waals surface area contributed by atoms with E-state index < -0.39 is 0 Å². The Bertz CT molecular complexity index is 611. The topological polar surface area (TPSA) is 44.4 Å². The largest absolute Gasteiger partial charge is 0.387 e. The van der Waals surface area contributed by atoms with Crippen molar-refractivity contribution in [2.24, 2.45) is 0 Å². The Kier molecular flexibility index (Phi) is 6.88. The van der Waals surface area contributed by atoms with E-state index in [4.69, 9.17) is 0 Å². The minimum absolute atomic E-state index is 0.0522. The van der Waals surface area contributed by atoms with E-state index in [9.17, 15) is 4.79 Å². The average Bonchev–Trinajstić information content (AvgIpc) is 2.61. The van der Waals surface area contributed by atoms with Gasteiger partial charge >= 0.3 is 0 Å². The van der Waals surface area contributed by atoms with Crippen molar-refractivity contribution in [3.63, 3.8) is 0 Å². The molecular weight excluding hydrogens is 286 g/mol. The number of likely N-dealkylation sites (N-methyl/N-ethyl adjacent to an activating group) is 1. The van der Waals surface area contributed by atoms with Gasteiger partial charge in [-0.2, -0.15) is 0 Å². The Hall–Kier alpha value is -2.59. The molecule has 120 valence electrons. The third-order valence-electron chi connectivity index (χ3n) is 3.35. The first-order valence-corrected chi connectivity index (χ1v) is 7.70. The van der Waals surface area contributed by atoms with E-state index in [2.05, 4.69) is 22.8 Å². The standard InChI is InChI=1S/C19H23N3O/c1-22(16-21-19(23)18-11-6-3-7-12-18)14-8-13-20-15-17-9-4-2-5-10-17/h2-13,20H,14-16H2,1H3,(H,21,23)/b13-8+. The Labute approximate surface area is 137 Å². The lowest BCUT2D eigenvalue weighted by atomic mass is 10.2. The molecule has 0 fully saturated rings. The maximum absolute atomic E-state index is 11.9. The molecule has 2 aromatic carbocycles. The van der Waals surface area contributed by atoms with Crippen LogP contribution in [0.1, 0.15) is 15.9 Å². The Balaban J connectivity index is 1.62. The summed E-state index contributed by atoms with van der Waals surface area (Å²) in [5.74, 6) is -0.0522. The van der Waals surface area contributed by atoms with Crippen LogP contribution in [0.5, 0.6) is 0 Å². The molecule has 2 rings (SSSR count). The lowest BCUT2D eigenvalue weighted by Crippen LogP contribution is -2.35. The zero-order valence-electron chi connectivity index (χ0n) is 13.4. The van der Waals surface area contributed by atoms with Crippen molar-refractivity contribution in [1.82, 2.24) is 15.5 Å². The molecule has 0 unspecified atom stereocenters. The SMILES string of the molecule is CN(C/C=C/NCc1ccccc1)CNC(=O)c1ccccc1. The van der Waals surface area contributed by atoms with Crippen LogP contribution in [0.25, 0.3) is 0 Å². The Morgan fingerprint density at radius 2 is 1.70 bits per heavy atom. The van der Waals surface area contributed by atoms with E-state index in [0.29, 0.717) is 12.2 Å². The highest BCUT2D eigenvalue weighted by atomic mass is 16.1. The van der Waals surface area contributed by atoms with Crippen LogP contribution in [-0.4, -0.2) is 31.1 Å². The molecule has 0 aliphatic carbocycles. The van der Waals surface area contributed by atoms with Crippen LogP contribution in [0.15, 0.2) is 72.9 Å². The van der Waals surface area contributed by atoms with Gasteiger partial charge in [-0.3, -0.25) is 9.69 Å². The van der Waals surface area contributed by atoms with Crippen molar-refractivity contribution >= 4 is 5.91 Å². The molecule has 0 atom stereocenters. The molecule has 0 saturated heterocycles. The second-order valence-corrected chi connectivity index (χ2v) is 5.34. The van der Waals surface area contributed by atoms with Gasteiger partial charge in [0.25, 0.3) is 5.91 Å². The number of carbonyl (C=O) groups is 1. The minimum atomic E-state index is -0.0522. The summed E-state index contributed by atoms with van der Waals surface area (Å²) >= 11 is 0. The number of benzene rings is 2. The summed E-state index contributed by atoms with van der Waals surface area (Å²) in [4.78, 5) is 13.9. The molecule has 2 N–H and O–H groups in total. The van der Waals surface area contributed by atoms with Gasteiger partial charge in [-0.25, -0.2) is 0 Å². The van der Waals surface area contributed by atoms with Crippen molar-refractivity contribution < 1.29 is 4.79 Å². The zero-order chi connectivity index (χ0) is 16.3. The predicted molar refractivity (Wildman–Crippen MR) is 93.8 cm³/mol. The highest BCUT2D eigenvalue weighted by Crippen LogP contribution is 1.98. The van der Waals surface area contributed by atoms with Crippen LogP contribution >= 0.6 is 0 Å². The normalized spacial score (nSPS) is 10.9. The van der Waals surface area contributed by atoms with E-state index in [-0.39, 0.29) is 5.91 Å². The molecule has 0 aromatic heterocycles. The van der Waals surface area contributed by atoms with Gasteiger partial charge in [0.2, 0.25) is 0 Å². The highest BCUT2D eigenvalue weighted by molar-refractivity contribution is 5.94. The second kappa shape index (κ2) is 9.43. The fourth-order valence-corrected chi connectivity index (χ4v) is 2.05. The van der Waals surface area contributed by atoms with Crippen LogP contribution in [0.4, 0.5) is 0 Å². The fraction of sp³-hybridized carbons (Fsp3) is 0.211. The minimum Gasteiger partial charge on any atom is -0.387 e. The van der Waals surface area contributed by atoms with Crippen LogP contribution in [-0.2, 0) is 6.54 Å². The molecule has 0 heterocycles. The van der Waals surface area contributed by atoms with Crippen LogP contribution in [0.2, 0.25) is 0 Å². The molecule has 0 saturated carbocycles. The van der Waals surface area contributed by atoms with Gasteiger partial charge in [-0.1, -0.05) is 54.6 Å². The number of carbonyl (C=O) groups excluding carboxylic acids is 1. The number of hydrogen-bond donors (Lipinski definition) is 2. The first kappa shape index (κ1) is 16.8. The first-order valence-electron chi connectivity index (χ1n) is 7.70. The van der Waals surface area contributed by atoms with E-state index in [1.807, 2.05) is 72.8 Å². The summed E-state index contributed by atoms with van der Waals surface area (Å²) in [5.41, 5.74) is 1.93. The summed E-state index contributed by atoms with van der Waals surface area (Å²) in [6, 6.07) is 19.5. The number of rotatable bonds is 8. The van der Waals surface area contributed by atoms with E-state index in [1.165, 1.54) is 5.56 Å². The van der Waals surface area contributed by atoms with Gasteiger partial charge in [0.05, 0.1) is 6.67 Å². The monoisotopic (exact) mass is 309 g/mol. The highest BCUT2D eigenvalue weighted by Gasteiger charge is 2.04. The number of nitrogens with zero attached hydrogens (tertiary/aromatic N) is 1. The van der Waals surface area contributed by atoms with Gasteiger partial charge < -0.3 is 10.6 Å². The average molecular weight is 309 g/mol. The Morgan fingerprint density at radius 3 is 2.39 bits per heavy atom. The third kappa shape index (κ3) is 6.36. The molecule has 0 spiro atoms. The maximum atomic E-state index is 11.9. The molecule has 0 aliphatic heterocycles. The number of nitrogens with one attached hydrogen (secondary N) is 2. The second-order valence-electron chi connectivity index (χ2n) is 5.34. The van der Waals surface area contributed by atoms with Crippen LogP contribution in [0.3, 0.4) is 0 Å². The molecule has 4 nitrogen and oxygen atoms in total. The van der Waals surface area contributed by atoms with E-state index in [1.54, 1.807) is 0 Å². The molecule has 23 heavy (non-hydrogen) atoms. The third-order valence-corrected chi connectivity index (χ3v) is 3.35. The summed E-state index contributed by atoms with van der Waals surface area (Å²) in [5, 5.41) is 6.15.